The van der Waals surface area contributed by atoms with Crippen LogP contribution in [0.4, 0.5) is 0 Å². The van der Waals surface area contributed by atoms with Crippen LogP contribution in [-0.4, -0.2) is 215 Å². The molecule has 23 nitrogen and oxygen atoms in total. The molecule has 3 saturated heterocycles. The highest BCUT2D eigenvalue weighted by Crippen LogP contribution is 2.39. The van der Waals surface area contributed by atoms with Crippen molar-refractivity contribution in [2.24, 2.45) is 0 Å². The first-order valence-corrected chi connectivity index (χ1v) is 38.9. The van der Waals surface area contributed by atoms with Gasteiger partial charge in [-0.05, 0) is 51.4 Å². The number of hydrogen-bond acceptors (Lipinski definition) is 20. The van der Waals surface area contributed by atoms with Crippen molar-refractivity contribution in [3.8, 4) is 0 Å². The molecule has 0 aromatic carbocycles. The predicted molar refractivity (Wildman–Crippen MR) is 380 cm³/mol. The molecule has 0 bridgehead atoms. The SMILES string of the molecule is CCCCCCCCCCC/C=C\C/C=C\CCCCCCCCCC(=O)NC(COC1OC(CO)C(OC2OC(CO)C(O)C(OC3(C(=O)O)CC(O)C(NC(C)=O)C(C(O)C(O)CO)O3)C2O)C(O)C1O)C(O)/C=C/CCCCCCCCCCCCCCCCCCCCCC. The Morgan fingerprint density at radius 1 is 0.535 bits per heavy atom. The van der Waals surface area contributed by atoms with Crippen molar-refractivity contribution in [2.75, 3.05) is 26.4 Å². The monoisotopic (exact) mass is 1410 g/mol. The molecule has 0 spiro atoms. The van der Waals surface area contributed by atoms with Crippen LogP contribution in [0.5, 0.6) is 0 Å². The first-order chi connectivity index (χ1) is 47.9. The summed E-state index contributed by atoms with van der Waals surface area (Å²) < 4.78 is 34.9. The maximum absolute atomic E-state index is 13.5. The average molecular weight is 1420 g/mol. The number of hydrogen-bond donors (Lipinski definition) is 14. The smallest absolute Gasteiger partial charge is 0.364 e. The number of carbonyl (C=O) groups is 3. The minimum absolute atomic E-state index is 0.191. The van der Waals surface area contributed by atoms with Gasteiger partial charge < -0.3 is 100 Å². The van der Waals surface area contributed by atoms with Crippen LogP contribution in [0.25, 0.3) is 0 Å². The number of aliphatic hydroxyl groups is 11. The molecule has 578 valence electrons. The van der Waals surface area contributed by atoms with Crippen LogP contribution in [0, 0.1) is 0 Å². The van der Waals surface area contributed by atoms with Gasteiger partial charge in [0.1, 0.15) is 67.1 Å². The Hall–Kier alpha value is -3.05. The Kier molecular flexibility index (Phi) is 50.5. The van der Waals surface area contributed by atoms with Gasteiger partial charge in [-0.3, -0.25) is 9.59 Å². The van der Waals surface area contributed by atoms with Gasteiger partial charge in [0.15, 0.2) is 12.6 Å². The summed E-state index contributed by atoms with van der Waals surface area (Å²) in [4.78, 5) is 38.7. The number of unbranched alkanes of at least 4 members (excludes halogenated alkanes) is 36. The number of rotatable bonds is 60. The minimum atomic E-state index is -3.08. The molecule has 3 heterocycles. The second-order valence-corrected chi connectivity index (χ2v) is 28.2. The Labute approximate surface area is 593 Å². The van der Waals surface area contributed by atoms with Gasteiger partial charge >= 0.3 is 5.97 Å². The average Bonchev–Trinajstić information content (AvgIpc) is 0.757. The standard InChI is InChI=1S/C76H138N2O21/c1-4-6-8-10-12-14-16-18-20-22-24-26-28-30-32-34-36-38-40-42-44-46-48-50-63(86)78-57(58(83)49-47-45-43-41-39-37-35-33-31-29-27-25-23-21-19-17-15-13-11-9-7-5-2)55-94-73-68(90)67(89)70(62(54-81)96-73)97-74-69(91)72(66(88)61(53-80)95-74)99-76(75(92)93)51-59(84)64(77-56(3)82)71(98-76)65(87)60(85)52-79/h24,26,30,32,47,49,57-62,64-74,79-81,83-85,87-91H,4-23,25,27-29,31,33-46,48,50-55H2,1-3H3,(H,77,82)(H,78,86)(H,92,93)/b26-24-,32-30-,49-47+. The van der Waals surface area contributed by atoms with Crippen molar-refractivity contribution in [3.63, 3.8) is 0 Å². The molecular formula is C76H138N2O21. The molecule has 18 atom stereocenters. The third kappa shape index (κ3) is 36.5. The molecule has 3 aliphatic heterocycles. The number of aliphatic carboxylic acids is 1. The van der Waals surface area contributed by atoms with Crippen molar-refractivity contribution < 1.29 is 104 Å². The predicted octanol–water partition coefficient (Wildman–Crippen LogP) is 9.35. The van der Waals surface area contributed by atoms with E-state index in [1.54, 1.807) is 6.08 Å². The van der Waals surface area contributed by atoms with Gasteiger partial charge in [0.05, 0.1) is 50.7 Å². The van der Waals surface area contributed by atoms with E-state index in [-0.39, 0.29) is 12.3 Å². The Morgan fingerprint density at radius 2 is 0.980 bits per heavy atom. The van der Waals surface area contributed by atoms with Gasteiger partial charge in [-0.25, -0.2) is 4.79 Å². The van der Waals surface area contributed by atoms with Gasteiger partial charge in [-0.2, -0.15) is 0 Å². The molecular weight excluding hydrogens is 1280 g/mol. The summed E-state index contributed by atoms with van der Waals surface area (Å²) in [5.41, 5.74) is 0. The summed E-state index contributed by atoms with van der Waals surface area (Å²) in [6.45, 7) is 2.16. The van der Waals surface area contributed by atoms with Gasteiger partial charge in [-0.15, -0.1) is 0 Å². The van der Waals surface area contributed by atoms with E-state index in [1.807, 2.05) is 6.08 Å². The lowest BCUT2D eigenvalue weighted by atomic mass is 9.88. The molecule has 3 rings (SSSR count). The molecule has 3 aliphatic rings. The number of allylic oxidation sites excluding steroid dienone is 5. The third-order valence-corrected chi connectivity index (χ3v) is 19.6. The lowest BCUT2D eigenvalue weighted by Gasteiger charge is -2.50. The molecule has 18 unspecified atom stereocenters. The van der Waals surface area contributed by atoms with E-state index in [1.165, 1.54) is 167 Å². The van der Waals surface area contributed by atoms with Crippen LogP contribution in [0.15, 0.2) is 36.5 Å². The summed E-state index contributed by atoms with van der Waals surface area (Å²) in [5.74, 6) is -6.15. The van der Waals surface area contributed by atoms with E-state index in [9.17, 15) is 75.7 Å². The Balaban J connectivity index is 1.56. The zero-order valence-electron chi connectivity index (χ0n) is 60.8. The van der Waals surface area contributed by atoms with Crippen LogP contribution < -0.4 is 10.6 Å². The second-order valence-electron chi connectivity index (χ2n) is 28.2. The van der Waals surface area contributed by atoms with Crippen molar-refractivity contribution in [1.29, 1.82) is 0 Å². The van der Waals surface area contributed by atoms with Crippen LogP contribution in [0.1, 0.15) is 290 Å². The maximum atomic E-state index is 13.5. The lowest BCUT2D eigenvalue weighted by Crippen LogP contribution is -2.70. The van der Waals surface area contributed by atoms with Gasteiger partial charge in [0, 0.05) is 19.8 Å². The fourth-order valence-corrected chi connectivity index (χ4v) is 13.4. The number of aliphatic hydroxyl groups excluding tert-OH is 11. The Bertz CT molecular complexity index is 2130. The summed E-state index contributed by atoms with van der Waals surface area (Å²) in [6.07, 6.45) is 31.7. The van der Waals surface area contributed by atoms with Crippen LogP contribution in [-0.2, 0) is 42.8 Å². The number of carbonyl (C=O) groups excluding carboxylic acids is 2. The fourth-order valence-electron chi connectivity index (χ4n) is 13.4. The molecule has 23 heteroatoms. The molecule has 2 amide bonds. The summed E-state index contributed by atoms with van der Waals surface area (Å²) in [6, 6.07) is -2.63. The molecule has 3 fully saturated rings. The molecule has 0 radical (unpaired) electrons. The van der Waals surface area contributed by atoms with Crippen molar-refractivity contribution in [3.05, 3.63) is 36.5 Å². The quantitative estimate of drug-likeness (QED) is 0.0199. The van der Waals surface area contributed by atoms with E-state index in [2.05, 4.69) is 48.8 Å². The summed E-state index contributed by atoms with van der Waals surface area (Å²) >= 11 is 0. The number of nitrogens with one attached hydrogen (secondary N) is 2. The first kappa shape index (κ1) is 90.2. The van der Waals surface area contributed by atoms with E-state index < -0.39 is 155 Å². The number of ether oxygens (including phenoxy) is 6. The molecule has 0 aliphatic carbocycles. The normalized spacial score (nSPS) is 27.3. The second kappa shape index (κ2) is 55.4. The van der Waals surface area contributed by atoms with Crippen LogP contribution >= 0.6 is 0 Å². The minimum Gasteiger partial charge on any atom is -0.477 e. The van der Waals surface area contributed by atoms with Crippen LogP contribution in [0.3, 0.4) is 0 Å². The third-order valence-electron chi connectivity index (χ3n) is 19.6. The highest BCUT2D eigenvalue weighted by Gasteiger charge is 2.60. The molecule has 0 saturated carbocycles. The first-order valence-electron chi connectivity index (χ1n) is 38.9. The molecule has 0 aromatic rings. The van der Waals surface area contributed by atoms with Crippen molar-refractivity contribution in [2.45, 2.75) is 400 Å². The molecule has 99 heavy (non-hydrogen) atoms. The van der Waals surface area contributed by atoms with Crippen molar-refractivity contribution >= 4 is 17.8 Å². The number of carboxylic acid groups (broad SMARTS) is 1. The maximum Gasteiger partial charge on any atom is 0.364 e. The van der Waals surface area contributed by atoms with Gasteiger partial charge in [-0.1, -0.05) is 256 Å². The number of amides is 2. The highest BCUT2D eigenvalue weighted by atomic mass is 16.8. The lowest BCUT2D eigenvalue weighted by molar-refractivity contribution is -0.386. The van der Waals surface area contributed by atoms with E-state index in [0.717, 1.165) is 84.0 Å². The molecule has 14 N–H and O–H groups in total. The van der Waals surface area contributed by atoms with Crippen molar-refractivity contribution in [1.82, 2.24) is 10.6 Å². The van der Waals surface area contributed by atoms with E-state index in [0.29, 0.717) is 12.8 Å². The molecule has 0 aromatic heterocycles. The topological polar surface area (TPSA) is 373 Å². The Morgan fingerprint density at radius 3 is 1.42 bits per heavy atom. The van der Waals surface area contributed by atoms with E-state index >= 15 is 0 Å². The van der Waals surface area contributed by atoms with Gasteiger partial charge in [0.2, 0.25) is 11.8 Å². The highest BCUT2D eigenvalue weighted by molar-refractivity contribution is 5.77. The van der Waals surface area contributed by atoms with Crippen LogP contribution in [0.2, 0.25) is 0 Å². The zero-order chi connectivity index (χ0) is 72.5. The summed E-state index contributed by atoms with van der Waals surface area (Å²) in [7, 11) is 0. The number of carboxylic acids is 1. The zero-order valence-corrected chi connectivity index (χ0v) is 60.8. The largest absolute Gasteiger partial charge is 0.477 e. The van der Waals surface area contributed by atoms with Gasteiger partial charge in [0.25, 0.3) is 5.79 Å². The van der Waals surface area contributed by atoms with E-state index in [4.69, 9.17) is 28.4 Å². The fraction of sp³-hybridized carbons (Fsp3) is 0.882. The summed E-state index contributed by atoms with van der Waals surface area (Å²) in [5, 5.41) is 136.